The Morgan fingerprint density at radius 1 is 0.762 bits per heavy atom. The predicted molar refractivity (Wildman–Crippen MR) is 185 cm³/mol. The van der Waals surface area contributed by atoms with Crippen molar-refractivity contribution in [3.8, 4) is 0 Å². The molecule has 2 aliphatic rings. The minimum Gasteiger partial charge on any atom is -0.335 e. The first kappa shape index (κ1) is 30.6. The number of carbonyl (C=O) groups is 1. The Kier molecular flexibility index (Phi) is 10.3. The lowest BCUT2D eigenvalue weighted by molar-refractivity contribution is -0.120. The lowest BCUT2D eigenvalue weighted by Crippen LogP contribution is -2.34. The average molecular weight is 634 g/mol. The molecule has 0 aliphatic carbocycles. The number of hydrogen-bond acceptors (Lipinski definition) is 7. The van der Waals surface area contributed by atoms with Crippen molar-refractivity contribution in [2.45, 2.75) is 53.0 Å². The second-order valence-electron chi connectivity index (χ2n) is 10.0. The molecule has 2 aromatic carbocycles. The fourth-order valence-corrected chi connectivity index (χ4v) is 8.74. The maximum absolute atomic E-state index is 13.7. The van der Waals surface area contributed by atoms with Crippen LogP contribution < -0.4 is 14.8 Å². The summed E-state index contributed by atoms with van der Waals surface area (Å²) in [5, 5.41) is 1.07. The minimum absolute atomic E-state index is 0.0512. The number of hydrogen-bond donors (Lipinski definition) is 0. The average Bonchev–Trinajstić information content (AvgIpc) is 3.64. The van der Waals surface area contributed by atoms with Crippen LogP contribution in [0.5, 0.6) is 0 Å². The van der Waals surface area contributed by atoms with E-state index in [2.05, 4.69) is 80.3 Å². The van der Waals surface area contributed by atoms with E-state index in [9.17, 15) is 9.59 Å². The molecule has 0 spiro atoms. The number of allylic oxidation sites excluding steroid dienone is 1. The summed E-state index contributed by atoms with van der Waals surface area (Å²) < 4.78 is 3.70. The number of thiazole rings is 1. The Bertz CT molecular complexity index is 1700. The molecule has 5 rings (SSSR count). The van der Waals surface area contributed by atoms with Crippen molar-refractivity contribution in [2.24, 2.45) is 0 Å². The molecular weight excluding hydrogens is 599 g/mol. The molecule has 1 amide bonds. The highest BCUT2D eigenvalue weighted by molar-refractivity contribution is 8.30. The maximum atomic E-state index is 13.7. The topological polar surface area (TPSA) is 45.6 Å². The second kappa shape index (κ2) is 14.1. The third-order valence-electron chi connectivity index (χ3n) is 7.16. The molecule has 0 N–H and O–H groups in total. The highest BCUT2D eigenvalue weighted by Gasteiger charge is 2.34. The zero-order chi connectivity index (χ0) is 29.6. The molecular formula is C33H35N3O2S4. The van der Waals surface area contributed by atoms with Gasteiger partial charge in [0.1, 0.15) is 13.9 Å². The number of thiocarbonyl (C=S) groups is 1. The summed E-state index contributed by atoms with van der Waals surface area (Å²) in [7, 11) is 0. The van der Waals surface area contributed by atoms with E-state index in [0.29, 0.717) is 31.5 Å². The summed E-state index contributed by atoms with van der Waals surface area (Å²) in [5.41, 5.74) is 3.45. The number of benzene rings is 2. The predicted octanol–water partition coefficient (Wildman–Crippen LogP) is 6.70. The molecule has 1 fully saturated rings. The van der Waals surface area contributed by atoms with E-state index >= 15 is 0 Å². The Morgan fingerprint density at radius 2 is 1.40 bits per heavy atom. The van der Waals surface area contributed by atoms with Crippen molar-refractivity contribution < 1.29 is 4.79 Å². The maximum Gasteiger partial charge on any atom is 0.269 e. The van der Waals surface area contributed by atoms with Gasteiger partial charge in [-0.15, -0.1) is 11.3 Å². The third kappa shape index (κ3) is 6.25. The van der Waals surface area contributed by atoms with E-state index in [4.69, 9.17) is 12.2 Å². The summed E-state index contributed by atoms with van der Waals surface area (Å²) in [4.78, 5) is 32.9. The summed E-state index contributed by atoms with van der Waals surface area (Å²) in [6.07, 6.45) is 7.69. The van der Waals surface area contributed by atoms with Gasteiger partial charge in [-0.25, -0.2) is 0 Å². The number of nitrogens with zero attached hydrogens (tertiary/aromatic N) is 3. The monoisotopic (exact) mass is 633 g/mol. The summed E-state index contributed by atoms with van der Waals surface area (Å²) in [6, 6.07) is 20.9. The lowest BCUT2D eigenvalue weighted by atomic mass is 10.1. The first-order chi connectivity index (χ1) is 20.5. The molecule has 1 saturated heterocycles. The van der Waals surface area contributed by atoms with Gasteiger partial charge in [-0.05, 0) is 43.0 Å². The van der Waals surface area contributed by atoms with Crippen LogP contribution in [0.3, 0.4) is 0 Å². The second-order valence-corrected chi connectivity index (χ2v) is 13.7. The SMILES string of the molecule is CCCCN1C(=O)C(=c2s/c(=C\C=C3SC(c4ccccc4)=C(c4ccccc4)N3CC)c(=O)n2CCCC)SC1=S. The van der Waals surface area contributed by atoms with Crippen molar-refractivity contribution in [3.63, 3.8) is 0 Å². The van der Waals surface area contributed by atoms with Gasteiger partial charge in [0.05, 0.1) is 15.3 Å². The number of thioether (sulfide) groups is 2. The summed E-state index contributed by atoms with van der Waals surface area (Å²) >= 11 is 10.0. The van der Waals surface area contributed by atoms with Gasteiger partial charge in [-0.2, -0.15) is 0 Å². The van der Waals surface area contributed by atoms with Gasteiger partial charge in [0.2, 0.25) is 0 Å². The Hall–Kier alpha value is -2.85. The number of unbranched alkanes of at least 4 members (excludes halogenated alkanes) is 2. The molecule has 0 saturated carbocycles. The van der Waals surface area contributed by atoms with Gasteiger partial charge in [0.25, 0.3) is 11.5 Å². The Morgan fingerprint density at radius 3 is 2.05 bits per heavy atom. The molecule has 3 heterocycles. The molecule has 0 bridgehead atoms. The van der Waals surface area contributed by atoms with Crippen LogP contribution in [0.1, 0.15) is 57.6 Å². The fraction of sp³-hybridized carbons (Fsp3) is 0.303. The number of rotatable bonds is 10. The first-order valence-electron chi connectivity index (χ1n) is 14.5. The fourth-order valence-electron chi connectivity index (χ4n) is 4.95. The number of amides is 1. The van der Waals surface area contributed by atoms with E-state index < -0.39 is 0 Å². The molecule has 0 atom stereocenters. The third-order valence-corrected chi connectivity index (χ3v) is 11.1. The van der Waals surface area contributed by atoms with Crippen LogP contribution >= 0.6 is 47.1 Å². The van der Waals surface area contributed by atoms with E-state index in [0.717, 1.165) is 42.8 Å². The molecule has 9 heteroatoms. The van der Waals surface area contributed by atoms with Crippen LogP contribution in [0.2, 0.25) is 0 Å². The number of aromatic nitrogens is 1. The van der Waals surface area contributed by atoms with Crippen LogP contribution in [-0.4, -0.2) is 37.7 Å². The zero-order valence-corrected chi connectivity index (χ0v) is 27.4. The van der Waals surface area contributed by atoms with Crippen molar-refractivity contribution in [2.75, 3.05) is 13.1 Å². The Balaban J connectivity index is 1.60. The van der Waals surface area contributed by atoms with Crippen molar-refractivity contribution in [3.05, 3.63) is 102 Å². The summed E-state index contributed by atoms with van der Waals surface area (Å²) in [5.74, 6) is -0.0810. The van der Waals surface area contributed by atoms with Gasteiger partial charge in [-0.1, -0.05) is 123 Å². The molecule has 218 valence electrons. The van der Waals surface area contributed by atoms with Crippen molar-refractivity contribution in [1.82, 2.24) is 14.4 Å². The number of carbonyl (C=O) groups excluding carboxylic acids is 1. The molecule has 2 aliphatic heterocycles. The van der Waals surface area contributed by atoms with Gasteiger partial charge in [-0.3, -0.25) is 19.1 Å². The van der Waals surface area contributed by atoms with Gasteiger partial charge in [0.15, 0.2) is 0 Å². The van der Waals surface area contributed by atoms with Crippen LogP contribution in [0, 0.1) is 0 Å². The van der Waals surface area contributed by atoms with E-state index in [-0.39, 0.29) is 11.5 Å². The zero-order valence-electron chi connectivity index (χ0n) is 24.2. The van der Waals surface area contributed by atoms with E-state index in [1.807, 2.05) is 18.2 Å². The van der Waals surface area contributed by atoms with Crippen molar-refractivity contribution in [1.29, 1.82) is 0 Å². The normalized spacial score (nSPS) is 18.4. The first-order valence-corrected chi connectivity index (χ1v) is 17.3. The van der Waals surface area contributed by atoms with Crippen LogP contribution in [0.25, 0.3) is 21.6 Å². The standard InChI is InChI=1S/C33H35N3O2S4/c1-4-7-21-35-30(37)25(40-32(35)29-31(38)36(22-8-5-2)33(39)42-29)19-20-26-34(6-3)27(23-15-11-9-12-16-23)28(41-26)24-17-13-10-14-18-24/h9-20H,4-8,21-22H2,1-3H3/b25-19-,26-20?,32-29?. The molecule has 3 aromatic rings. The Labute approximate surface area is 265 Å². The summed E-state index contributed by atoms with van der Waals surface area (Å²) in [6.45, 7) is 8.35. The largest absolute Gasteiger partial charge is 0.335 e. The molecule has 42 heavy (non-hydrogen) atoms. The van der Waals surface area contributed by atoms with Crippen LogP contribution in [0.4, 0.5) is 0 Å². The molecule has 0 unspecified atom stereocenters. The minimum atomic E-state index is -0.0810. The smallest absolute Gasteiger partial charge is 0.269 e. The van der Waals surface area contributed by atoms with E-state index in [1.54, 1.807) is 21.2 Å². The highest BCUT2D eigenvalue weighted by Crippen LogP contribution is 2.50. The van der Waals surface area contributed by atoms with Crippen molar-refractivity contribution >= 4 is 78.9 Å². The quantitative estimate of drug-likeness (QED) is 0.232. The molecule has 1 aromatic heterocycles. The molecule has 0 radical (unpaired) electrons. The van der Waals surface area contributed by atoms with Crippen LogP contribution in [0.15, 0.2) is 76.6 Å². The van der Waals surface area contributed by atoms with Gasteiger partial charge < -0.3 is 4.90 Å². The van der Waals surface area contributed by atoms with Crippen LogP contribution in [-0.2, 0) is 11.3 Å². The lowest BCUT2D eigenvalue weighted by Gasteiger charge is -2.21. The van der Waals surface area contributed by atoms with Gasteiger partial charge in [0, 0.05) is 24.5 Å². The van der Waals surface area contributed by atoms with Gasteiger partial charge >= 0.3 is 0 Å². The van der Waals surface area contributed by atoms with E-state index in [1.165, 1.54) is 39.3 Å². The molecule has 5 nitrogen and oxygen atoms in total. The highest BCUT2D eigenvalue weighted by atomic mass is 32.2.